The van der Waals surface area contributed by atoms with Crippen LogP contribution in [0.15, 0.2) is 30.3 Å². The smallest absolute Gasteiger partial charge is 0.0344 e. The number of hydrogen-bond acceptors (Lipinski definition) is 3. The number of likely N-dealkylation sites (tertiary alicyclic amines) is 1. The van der Waals surface area contributed by atoms with Crippen molar-refractivity contribution in [3.8, 4) is 0 Å². The zero-order chi connectivity index (χ0) is 13.7. The Kier molecular flexibility index (Phi) is 4.97. The van der Waals surface area contributed by atoms with Crippen LogP contribution in [0.1, 0.15) is 24.8 Å². The van der Waals surface area contributed by atoms with E-state index >= 15 is 0 Å². The lowest BCUT2D eigenvalue weighted by Gasteiger charge is -2.41. The highest BCUT2D eigenvalue weighted by atomic mass is 15.2. The van der Waals surface area contributed by atoms with Crippen LogP contribution in [0.4, 0.5) is 0 Å². The van der Waals surface area contributed by atoms with E-state index in [0.717, 1.165) is 19.6 Å². The van der Waals surface area contributed by atoms with Crippen LogP contribution in [0.3, 0.4) is 0 Å². The minimum Gasteiger partial charge on any atom is -0.329 e. The Balaban J connectivity index is 2.07. The Morgan fingerprint density at radius 1 is 1.21 bits per heavy atom. The van der Waals surface area contributed by atoms with E-state index in [1.54, 1.807) is 0 Å². The highest BCUT2D eigenvalue weighted by Gasteiger charge is 2.34. The van der Waals surface area contributed by atoms with Crippen molar-refractivity contribution in [1.29, 1.82) is 0 Å². The standard InChI is InChI=1S/C16H27N3/c1-18-11-6-9-16(14-17,10-12-18)19(2)13-15-7-4-3-5-8-15/h3-5,7-8H,6,9-14,17H2,1-2H3. The molecule has 1 fully saturated rings. The van der Waals surface area contributed by atoms with Crippen LogP contribution >= 0.6 is 0 Å². The van der Waals surface area contributed by atoms with Crippen molar-refractivity contribution in [3.63, 3.8) is 0 Å². The zero-order valence-corrected chi connectivity index (χ0v) is 12.3. The Labute approximate surface area is 117 Å². The molecule has 0 saturated carbocycles. The molecule has 1 aliphatic heterocycles. The predicted molar refractivity (Wildman–Crippen MR) is 81.0 cm³/mol. The van der Waals surface area contributed by atoms with Crippen LogP contribution in [0, 0.1) is 0 Å². The second-order valence-corrected chi connectivity index (χ2v) is 5.93. The molecule has 1 saturated heterocycles. The van der Waals surface area contributed by atoms with Crippen LogP contribution in [0.2, 0.25) is 0 Å². The van der Waals surface area contributed by atoms with Gasteiger partial charge in [-0.25, -0.2) is 0 Å². The maximum Gasteiger partial charge on any atom is 0.0344 e. The largest absolute Gasteiger partial charge is 0.329 e. The summed E-state index contributed by atoms with van der Waals surface area (Å²) in [6.07, 6.45) is 3.62. The fourth-order valence-electron chi connectivity index (χ4n) is 3.08. The Morgan fingerprint density at radius 3 is 2.63 bits per heavy atom. The summed E-state index contributed by atoms with van der Waals surface area (Å²) in [6, 6.07) is 10.7. The summed E-state index contributed by atoms with van der Waals surface area (Å²) in [5, 5.41) is 0. The van der Waals surface area contributed by atoms with Crippen molar-refractivity contribution in [1.82, 2.24) is 9.80 Å². The molecule has 106 valence electrons. The van der Waals surface area contributed by atoms with Gasteiger partial charge in [0, 0.05) is 18.6 Å². The number of rotatable bonds is 4. The SMILES string of the molecule is CN1CCCC(CN)(N(C)Cc2ccccc2)CC1. The Hall–Kier alpha value is -0.900. The molecular weight excluding hydrogens is 234 g/mol. The number of benzene rings is 1. The Bertz CT molecular complexity index is 379. The molecule has 1 heterocycles. The number of likely N-dealkylation sites (N-methyl/N-ethyl adjacent to an activating group) is 1. The molecule has 3 nitrogen and oxygen atoms in total. The van der Waals surface area contributed by atoms with Gasteiger partial charge in [0.1, 0.15) is 0 Å². The minimum absolute atomic E-state index is 0.167. The molecule has 2 rings (SSSR count). The molecule has 1 aliphatic rings. The van der Waals surface area contributed by atoms with Gasteiger partial charge in [0.2, 0.25) is 0 Å². The van der Waals surface area contributed by atoms with Crippen LogP contribution < -0.4 is 5.73 Å². The number of nitrogens with two attached hydrogens (primary N) is 1. The highest BCUT2D eigenvalue weighted by Crippen LogP contribution is 2.28. The number of hydrogen-bond donors (Lipinski definition) is 1. The summed E-state index contributed by atoms with van der Waals surface area (Å²) in [7, 11) is 4.44. The van der Waals surface area contributed by atoms with Crippen molar-refractivity contribution in [2.45, 2.75) is 31.3 Å². The topological polar surface area (TPSA) is 32.5 Å². The molecule has 1 atom stereocenters. The van der Waals surface area contributed by atoms with Gasteiger partial charge in [-0.3, -0.25) is 4.90 Å². The van der Waals surface area contributed by atoms with Crippen molar-refractivity contribution in [3.05, 3.63) is 35.9 Å². The molecule has 0 spiro atoms. The van der Waals surface area contributed by atoms with Crippen molar-refractivity contribution >= 4 is 0 Å². The average Bonchev–Trinajstić information content (AvgIpc) is 2.62. The zero-order valence-electron chi connectivity index (χ0n) is 12.3. The molecule has 1 aromatic carbocycles. The molecule has 1 aromatic rings. The fraction of sp³-hybridized carbons (Fsp3) is 0.625. The molecule has 0 aromatic heterocycles. The van der Waals surface area contributed by atoms with E-state index in [1.165, 1.54) is 31.4 Å². The van der Waals surface area contributed by atoms with Crippen molar-refractivity contribution in [2.75, 3.05) is 33.7 Å². The normalized spacial score (nSPS) is 25.5. The first-order chi connectivity index (χ1) is 9.16. The fourth-order valence-corrected chi connectivity index (χ4v) is 3.08. The van der Waals surface area contributed by atoms with E-state index in [4.69, 9.17) is 5.73 Å². The maximum atomic E-state index is 6.15. The third-order valence-corrected chi connectivity index (χ3v) is 4.59. The van der Waals surface area contributed by atoms with Crippen LogP contribution in [0.25, 0.3) is 0 Å². The average molecular weight is 261 g/mol. The van der Waals surface area contributed by atoms with E-state index < -0.39 is 0 Å². The van der Waals surface area contributed by atoms with Gasteiger partial charge in [-0.15, -0.1) is 0 Å². The second-order valence-electron chi connectivity index (χ2n) is 5.93. The maximum absolute atomic E-state index is 6.15. The first-order valence-corrected chi connectivity index (χ1v) is 7.30. The summed E-state index contributed by atoms with van der Waals surface area (Å²) < 4.78 is 0. The molecule has 1 unspecified atom stereocenters. The van der Waals surface area contributed by atoms with E-state index in [-0.39, 0.29) is 5.54 Å². The lowest BCUT2D eigenvalue weighted by molar-refractivity contribution is 0.100. The van der Waals surface area contributed by atoms with Crippen LogP contribution in [-0.2, 0) is 6.54 Å². The van der Waals surface area contributed by atoms with E-state index in [2.05, 4.69) is 54.2 Å². The monoisotopic (exact) mass is 261 g/mol. The summed E-state index contributed by atoms with van der Waals surface area (Å²) in [6.45, 7) is 4.09. The minimum atomic E-state index is 0.167. The molecule has 0 bridgehead atoms. The van der Waals surface area contributed by atoms with Gasteiger partial charge in [0.15, 0.2) is 0 Å². The molecule has 3 heteroatoms. The molecular formula is C16H27N3. The number of nitrogens with zero attached hydrogens (tertiary/aromatic N) is 2. The molecule has 19 heavy (non-hydrogen) atoms. The summed E-state index contributed by atoms with van der Waals surface area (Å²) in [5.41, 5.74) is 7.69. The lowest BCUT2D eigenvalue weighted by atomic mass is 9.88. The van der Waals surface area contributed by atoms with Crippen molar-refractivity contribution in [2.24, 2.45) is 5.73 Å². The third-order valence-electron chi connectivity index (χ3n) is 4.59. The highest BCUT2D eigenvalue weighted by molar-refractivity contribution is 5.15. The Morgan fingerprint density at radius 2 is 1.95 bits per heavy atom. The quantitative estimate of drug-likeness (QED) is 0.899. The second kappa shape index (κ2) is 6.51. The summed E-state index contributed by atoms with van der Waals surface area (Å²) in [4.78, 5) is 4.90. The van der Waals surface area contributed by atoms with Gasteiger partial charge < -0.3 is 10.6 Å². The van der Waals surface area contributed by atoms with E-state index in [0.29, 0.717) is 0 Å². The van der Waals surface area contributed by atoms with Crippen LogP contribution in [-0.4, -0.2) is 49.1 Å². The van der Waals surface area contributed by atoms with E-state index in [1.807, 2.05) is 0 Å². The molecule has 2 N–H and O–H groups in total. The summed E-state index contributed by atoms with van der Waals surface area (Å²) >= 11 is 0. The lowest BCUT2D eigenvalue weighted by Crippen LogP contribution is -2.52. The molecule has 0 aliphatic carbocycles. The molecule has 0 amide bonds. The van der Waals surface area contributed by atoms with Gasteiger partial charge >= 0.3 is 0 Å². The van der Waals surface area contributed by atoms with Gasteiger partial charge in [-0.1, -0.05) is 30.3 Å². The first-order valence-electron chi connectivity index (χ1n) is 7.30. The molecule has 0 radical (unpaired) electrons. The van der Waals surface area contributed by atoms with Crippen LogP contribution in [0.5, 0.6) is 0 Å². The summed E-state index contributed by atoms with van der Waals surface area (Å²) in [5.74, 6) is 0. The van der Waals surface area contributed by atoms with Crippen molar-refractivity contribution < 1.29 is 0 Å². The van der Waals surface area contributed by atoms with E-state index in [9.17, 15) is 0 Å². The first kappa shape index (κ1) is 14.5. The third kappa shape index (κ3) is 3.56. The van der Waals surface area contributed by atoms with Gasteiger partial charge in [-0.05, 0) is 52.0 Å². The van der Waals surface area contributed by atoms with Gasteiger partial charge in [0.25, 0.3) is 0 Å². The van der Waals surface area contributed by atoms with Gasteiger partial charge in [0.05, 0.1) is 0 Å². The van der Waals surface area contributed by atoms with Gasteiger partial charge in [-0.2, -0.15) is 0 Å². The predicted octanol–water partition coefficient (Wildman–Crippen LogP) is 1.93.